The molecule has 0 bridgehead atoms. The van der Waals surface area contributed by atoms with Crippen LogP contribution in [-0.2, 0) is 9.84 Å². The zero-order chi connectivity index (χ0) is 13.3. The molecule has 6 nitrogen and oxygen atoms in total. The lowest BCUT2D eigenvalue weighted by Crippen LogP contribution is -1.98. The van der Waals surface area contributed by atoms with Crippen LogP contribution in [0.15, 0.2) is 35.5 Å². The number of nitriles is 1. The summed E-state index contributed by atoms with van der Waals surface area (Å²) in [5.41, 5.74) is 6.88. The van der Waals surface area contributed by atoms with Crippen molar-refractivity contribution in [1.29, 1.82) is 5.26 Å². The molecule has 0 aliphatic heterocycles. The fourth-order valence-electron chi connectivity index (χ4n) is 1.42. The first-order valence-corrected chi connectivity index (χ1v) is 6.85. The fraction of sp³-hybridized carbons (Fsp3) is 0.0909. The molecule has 7 heteroatoms. The Balaban J connectivity index is 2.51. The summed E-state index contributed by atoms with van der Waals surface area (Å²) < 4.78 is 24.0. The zero-order valence-corrected chi connectivity index (χ0v) is 10.3. The molecule has 0 radical (unpaired) electrons. The van der Waals surface area contributed by atoms with Crippen LogP contribution in [-0.4, -0.2) is 24.5 Å². The van der Waals surface area contributed by atoms with E-state index in [1.54, 1.807) is 18.2 Å². The van der Waals surface area contributed by atoms with Gasteiger partial charge in [-0.05, 0) is 18.2 Å². The van der Waals surface area contributed by atoms with Crippen LogP contribution in [0.2, 0.25) is 0 Å². The van der Waals surface area contributed by atoms with Crippen molar-refractivity contribution in [3.8, 4) is 11.8 Å². The lowest BCUT2D eigenvalue weighted by molar-refractivity contribution is 0.602. The zero-order valence-electron chi connectivity index (χ0n) is 9.53. The van der Waals surface area contributed by atoms with E-state index >= 15 is 0 Å². The Morgan fingerprint density at radius 3 is 2.72 bits per heavy atom. The van der Waals surface area contributed by atoms with Gasteiger partial charge in [-0.25, -0.2) is 13.1 Å². The van der Waals surface area contributed by atoms with Crippen molar-refractivity contribution in [1.82, 2.24) is 9.78 Å². The summed E-state index contributed by atoms with van der Waals surface area (Å²) in [6.07, 6.45) is 3.76. The second kappa shape index (κ2) is 4.16. The van der Waals surface area contributed by atoms with Crippen LogP contribution in [0.25, 0.3) is 5.69 Å². The number of nitrogens with two attached hydrogens (primary N) is 1. The van der Waals surface area contributed by atoms with Crippen LogP contribution >= 0.6 is 0 Å². The van der Waals surface area contributed by atoms with E-state index in [1.807, 2.05) is 6.07 Å². The lowest BCUT2D eigenvalue weighted by atomic mass is 10.2. The number of hydrogen-bond acceptors (Lipinski definition) is 5. The summed E-state index contributed by atoms with van der Waals surface area (Å²) in [4.78, 5) is 0.123. The van der Waals surface area contributed by atoms with Gasteiger partial charge in [0.05, 0.1) is 17.4 Å². The molecule has 1 aromatic heterocycles. The SMILES string of the molecule is CS(=O)(=O)c1cnn(-c2ccc(N)c(C#N)c2)c1. The van der Waals surface area contributed by atoms with Gasteiger partial charge in [-0.2, -0.15) is 10.4 Å². The van der Waals surface area contributed by atoms with E-state index < -0.39 is 9.84 Å². The number of aromatic nitrogens is 2. The van der Waals surface area contributed by atoms with Crippen molar-refractivity contribution in [2.45, 2.75) is 4.90 Å². The molecule has 2 rings (SSSR count). The van der Waals surface area contributed by atoms with E-state index in [-0.39, 0.29) is 4.90 Å². The monoisotopic (exact) mass is 262 g/mol. The molecule has 0 saturated carbocycles. The highest BCUT2D eigenvalue weighted by molar-refractivity contribution is 7.90. The minimum atomic E-state index is -3.29. The first kappa shape index (κ1) is 12.1. The van der Waals surface area contributed by atoms with Crippen molar-refractivity contribution in [3.63, 3.8) is 0 Å². The topological polar surface area (TPSA) is 102 Å². The van der Waals surface area contributed by atoms with Crippen molar-refractivity contribution in [3.05, 3.63) is 36.2 Å². The Labute approximate surface area is 104 Å². The molecule has 2 aromatic rings. The smallest absolute Gasteiger partial charge is 0.178 e. The number of hydrogen-bond donors (Lipinski definition) is 1. The van der Waals surface area contributed by atoms with E-state index in [9.17, 15) is 8.42 Å². The summed E-state index contributed by atoms with van der Waals surface area (Å²) in [5, 5.41) is 12.8. The summed E-state index contributed by atoms with van der Waals surface area (Å²) in [6.45, 7) is 0. The summed E-state index contributed by atoms with van der Waals surface area (Å²) in [6, 6.07) is 6.75. The van der Waals surface area contributed by atoms with Gasteiger partial charge in [-0.3, -0.25) is 0 Å². The van der Waals surface area contributed by atoms with Gasteiger partial charge in [0, 0.05) is 18.1 Å². The van der Waals surface area contributed by atoms with E-state index in [2.05, 4.69) is 5.10 Å². The highest BCUT2D eigenvalue weighted by Crippen LogP contribution is 2.17. The maximum atomic E-state index is 11.3. The third-order valence-electron chi connectivity index (χ3n) is 2.41. The van der Waals surface area contributed by atoms with E-state index in [4.69, 9.17) is 11.0 Å². The van der Waals surface area contributed by atoms with E-state index in [1.165, 1.54) is 17.1 Å². The first-order chi connectivity index (χ1) is 8.41. The molecule has 0 atom stereocenters. The molecule has 0 saturated heterocycles. The average Bonchev–Trinajstić information content (AvgIpc) is 2.78. The molecule has 0 aliphatic carbocycles. The number of benzene rings is 1. The van der Waals surface area contributed by atoms with Crippen molar-refractivity contribution in [2.75, 3.05) is 12.0 Å². The molecule has 0 fully saturated rings. The van der Waals surface area contributed by atoms with Crippen LogP contribution in [0.5, 0.6) is 0 Å². The number of nitrogens with zero attached hydrogens (tertiary/aromatic N) is 3. The Morgan fingerprint density at radius 2 is 2.17 bits per heavy atom. The molecule has 0 aliphatic rings. The largest absolute Gasteiger partial charge is 0.398 e. The van der Waals surface area contributed by atoms with Crippen LogP contribution in [0.4, 0.5) is 5.69 Å². The summed E-state index contributed by atoms with van der Waals surface area (Å²) >= 11 is 0. The Bertz CT molecular complexity index is 741. The Kier molecular flexibility index (Phi) is 2.80. The Morgan fingerprint density at radius 1 is 1.44 bits per heavy atom. The molecule has 1 heterocycles. The van der Waals surface area contributed by atoms with Gasteiger partial charge in [0.2, 0.25) is 0 Å². The van der Waals surface area contributed by atoms with Crippen LogP contribution in [0.3, 0.4) is 0 Å². The van der Waals surface area contributed by atoms with Gasteiger partial charge in [0.1, 0.15) is 11.0 Å². The minimum absolute atomic E-state index is 0.123. The third kappa shape index (κ3) is 2.19. The summed E-state index contributed by atoms with van der Waals surface area (Å²) in [5.74, 6) is 0. The molecule has 2 N–H and O–H groups in total. The van der Waals surface area contributed by atoms with Crippen LogP contribution in [0.1, 0.15) is 5.56 Å². The summed E-state index contributed by atoms with van der Waals surface area (Å²) in [7, 11) is -3.29. The van der Waals surface area contributed by atoms with Crippen LogP contribution in [0, 0.1) is 11.3 Å². The van der Waals surface area contributed by atoms with Crippen molar-refractivity contribution >= 4 is 15.5 Å². The lowest BCUT2D eigenvalue weighted by Gasteiger charge is -2.03. The van der Waals surface area contributed by atoms with Gasteiger partial charge in [0.15, 0.2) is 9.84 Å². The molecule has 0 unspecified atom stereocenters. The second-order valence-electron chi connectivity index (χ2n) is 3.78. The quantitative estimate of drug-likeness (QED) is 0.804. The van der Waals surface area contributed by atoms with Crippen molar-refractivity contribution < 1.29 is 8.42 Å². The minimum Gasteiger partial charge on any atom is -0.398 e. The standard InChI is InChI=1S/C11H10N4O2S/c1-18(16,17)10-6-14-15(7-10)9-2-3-11(13)8(4-9)5-12/h2-4,6-7H,13H2,1H3. The molecule has 0 amide bonds. The number of anilines is 1. The maximum absolute atomic E-state index is 11.3. The third-order valence-corrected chi connectivity index (χ3v) is 3.48. The van der Waals surface area contributed by atoms with Crippen molar-refractivity contribution in [2.24, 2.45) is 0 Å². The number of sulfone groups is 1. The number of rotatable bonds is 2. The molecule has 0 spiro atoms. The molecule has 1 aromatic carbocycles. The molecule has 92 valence electrons. The van der Waals surface area contributed by atoms with Crippen LogP contribution < -0.4 is 5.73 Å². The normalized spacial score (nSPS) is 11.1. The second-order valence-corrected chi connectivity index (χ2v) is 5.79. The van der Waals surface area contributed by atoms with E-state index in [0.717, 1.165) is 6.26 Å². The predicted octanol–water partition coefficient (Wildman–Crippen LogP) is 0.730. The molecule has 18 heavy (non-hydrogen) atoms. The van der Waals surface area contributed by atoms with Gasteiger partial charge in [-0.15, -0.1) is 0 Å². The van der Waals surface area contributed by atoms with Gasteiger partial charge in [-0.1, -0.05) is 0 Å². The molecular weight excluding hydrogens is 252 g/mol. The predicted molar refractivity (Wildman–Crippen MR) is 65.8 cm³/mol. The highest BCUT2D eigenvalue weighted by atomic mass is 32.2. The highest BCUT2D eigenvalue weighted by Gasteiger charge is 2.11. The maximum Gasteiger partial charge on any atom is 0.178 e. The molecular formula is C11H10N4O2S. The number of nitrogen functional groups attached to an aromatic ring is 1. The Hall–Kier alpha value is -2.33. The average molecular weight is 262 g/mol. The fourth-order valence-corrected chi connectivity index (χ4v) is 1.95. The van der Waals surface area contributed by atoms with Gasteiger partial charge < -0.3 is 5.73 Å². The van der Waals surface area contributed by atoms with E-state index in [0.29, 0.717) is 16.9 Å². The van der Waals surface area contributed by atoms with Gasteiger partial charge in [0.25, 0.3) is 0 Å². The first-order valence-electron chi connectivity index (χ1n) is 4.96. The van der Waals surface area contributed by atoms with Gasteiger partial charge >= 0.3 is 0 Å².